The number of rotatable bonds is 6. The van der Waals surface area contributed by atoms with Gasteiger partial charge in [-0.25, -0.2) is 4.39 Å². The van der Waals surface area contributed by atoms with Gasteiger partial charge in [0.15, 0.2) is 0 Å². The Morgan fingerprint density at radius 1 is 1.16 bits per heavy atom. The van der Waals surface area contributed by atoms with E-state index in [1.165, 1.54) is 12.1 Å². The van der Waals surface area contributed by atoms with Gasteiger partial charge in [0, 0.05) is 37.6 Å². The van der Waals surface area contributed by atoms with E-state index in [0.717, 1.165) is 44.0 Å². The number of morpholine rings is 1. The van der Waals surface area contributed by atoms with Gasteiger partial charge >= 0.3 is 0 Å². The molecule has 0 radical (unpaired) electrons. The van der Waals surface area contributed by atoms with E-state index in [0.29, 0.717) is 0 Å². The maximum Gasteiger partial charge on any atom is 0.123 e. The van der Waals surface area contributed by atoms with Gasteiger partial charge in [0.25, 0.3) is 0 Å². The highest BCUT2D eigenvalue weighted by Crippen LogP contribution is 2.24. The zero-order chi connectivity index (χ0) is 17.7. The number of pyridine rings is 1. The first-order valence-electron chi connectivity index (χ1n) is 8.78. The largest absolute Gasteiger partial charge is 0.379 e. The molecule has 1 aromatic carbocycles. The molecule has 2 aromatic rings. The highest BCUT2D eigenvalue weighted by molar-refractivity contribution is 5.30. The Balaban J connectivity index is 1.77. The molecule has 134 valence electrons. The number of hydrogen-bond acceptors (Lipinski definition) is 4. The number of halogens is 1. The Morgan fingerprint density at radius 3 is 2.52 bits per heavy atom. The summed E-state index contributed by atoms with van der Waals surface area (Å²) in [6, 6.07) is 10.6. The van der Waals surface area contributed by atoms with Crippen molar-refractivity contribution in [1.82, 2.24) is 15.2 Å². The van der Waals surface area contributed by atoms with E-state index in [1.807, 2.05) is 24.4 Å². The fourth-order valence-electron chi connectivity index (χ4n) is 3.26. The normalized spacial score (nSPS) is 17.4. The molecule has 0 unspecified atom stereocenters. The SMILES string of the molecule is CC(C)(CN[C@H](c1ccc(F)cc1)c1cccnc1)N1CCOCC1. The lowest BCUT2D eigenvalue weighted by Gasteiger charge is -2.41. The van der Waals surface area contributed by atoms with Crippen LogP contribution in [0.1, 0.15) is 31.0 Å². The van der Waals surface area contributed by atoms with Crippen molar-refractivity contribution in [3.63, 3.8) is 0 Å². The van der Waals surface area contributed by atoms with E-state index < -0.39 is 0 Å². The van der Waals surface area contributed by atoms with Crippen LogP contribution in [0.15, 0.2) is 48.8 Å². The molecule has 1 fully saturated rings. The summed E-state index contributed by atoms with van der Waals surface area (Å²) >= 11 is 0. The third-order valence-corrected chi connectivity index (χ3v) is 4.83. The zero-order valence-electron chi connectivity index (χ0n) is 14.9. The smallest absolute Gasteiger partial charge is 0.123 e. The van der Waals surface area contributed by atoms with Gasteiger partial charge in [-0.05, 0) is 43.2 Å². The summed E-state index contributed by atoms with van der Waals surface area (Å²) in [6.45, 7) is 8.77. The van der Waals surface area contributed by atoms with Crippen molar-refractivity contribution in [2.45, 2.75) is 25.4 Å². The lowest BCUT2D eigenvalue weighted by Crippen LogP contribution is -2.55. The summed E-state index contributed by atoms with van der Waals surface area (Å²) in [4.78, 5) is 6.69. The average molecular weight is 343 g/mol. The van der Waals surface area contributed by atoms with Gasteiger partial charge in [0.2, 0.25) is 0 Å². The molecule has 1 aliphatic rings. The topological polar surface area (TPSA) is 37.4 Å². The molecule has 0 bridgehead atoms. The van der Waals surface area contributed by atoms with Crippen LogP contribution in [-0.4, -0.2) is 48.3 Å². The van der Waals surface area contributed by atoms with Gasteiger partial charge in [0.05, 0.1) is 19.3 Å². The van der Waals surface area contributed by atoms with Gasteiger partial charge < -0.3 is 10.1 Å². The number of benzene rings is 1. The third-order valence-electron chi connectivity index (χ3n) is 4.83. The van der Waals surface area contributed by atoms with Crippen LogP contribution in [0.3, 0.4) is 0 Å². The highest BCUT2D eigenvalue weighted by Gasteiger charge is 2.29. The molecule has 1 saturated heterocycles. The number of hydrogen-bond donors (Lipinski definition) is 1. The Hall–Kier alpha value is -1.82. The second-order valence-electron chi connectivity index (χ2n) is 7.06. The Kier molecular flexibility index (Phi) is 5.78. The summed E-state index contributed by atoms with van der Waals surface area (Å²) in [5.74, 6) is -0.220. The minimum atomic E-state index is -0.220. The summed E-state index contributed by atoms with van der Waals surface area (Å²) in [6.07, 6.45) is 3.63. The molecule has 2 heterocycles. The number of nitrogens with zero attached hydrogens (tertiary/aromatic N) is 2. The first kappa shape index (κ1) is 18.0. The van der Waals surface area contributed by atoms with Crippen LogP contribution in [0.25, 0.3) is 0 Å². The van der Waals surface area contributed by atoms with E-state index in [2.05, 4.69) is 35.1 Å². The summed E-state index contributed by atoms with van der Waals surface area (Å²) < 4.78 is 18.8. The summed E-state index contributed by atoms with van der Waals surface area (Å²) in [5, 5.41) is 3.66. The summed E-state index contributed by atoms with van der Waals surface area (Å²) in [5.41, 5.74) is 2.11. The first-order chi connectivity index (χ1) is 12.1. The van der Waals surface area contributed by atoms with Crippen LogP contribution in [0.4, 0.5) is 4.39 Å². The van der Waals surface area contributed by atoms with E-state index in [4.69, 9.17) is 4.74 Å². The molecule has 1 aromatic heterocycles. The lowest BCUT2D eigenvalue weighted by molar-refractivity contribution is -0.0101. The van der Waals surface area contributed by atoms with Crippen molar-refractivity contribution in [2.75, 3.05) is 32.8 Å². The van der Waals surface area contributed by atoms with Crippen LogP contribution >= 0.6 is 0 Å². The molecular weight excluding hydrogens is 317 g/mol. The maximum atomic E-state index is 13.3. The van der Waals surface area contributed by atoms with Crippen molar-refractivity contribution in [3.8, 4) is 0 Å². The van der Waals surface area contributed by atoms with Crippen molar-refractivity contribution in [1.29, 1.82) is 0 Å². The quantitative estimate of drug-likeness (QED) is 0.875. The Morgan fingerprint density at radius 2 is 1.88 bits per heavy atom. The second kappa shape index (κ2) is 8.04. The van der Waals surface area contributed by atoms with Crippen LogP contribution in [0.2, 0.25) is 0 Å². The van der Waals surface area contributed by atoms with Crippen LogP contribution in [0.5, 0.6) is 0 Å². The average Bonchev–Trinajstić information content (AvgIpc) is 2.65. The predicted octanol–water partition coefficient (Wildman–Crippen LogP) is 3.01. The Labute approximate surface area is 149 Å². The Bertz CT molecular complexity index is 654. The fraction of sp³-hybridized carbons (Fsp3) is 0.450. The molecule has 0 aliphatic carbocycles. The standard InChI is InChI=1S/C20H26FN3O/c1-20(2,24-10-12-25-13-11-24)15-23-19(17-4-3-9-22-14-17)16-5-7-18(21)8-6-16/h3-9,14,19,23H,10-13,15H2,1-2H3/t19-/m1/s1. The molecular formula is C20H26FN3O. The minimum absolute atomic E-state index is 0.00424. The molecule has 25 heavy (non-hydrogen) atoms. The molecule has 0 saturated carbocycles. The highest BCUT2D eigenvalue weighted by atomic mass is 19.1. The molecule has 0 spiro atoms. The van der Waals surface area contributed by atoms with Gasteiger partial charge in [-0.2, -0.15) is 0 Å². The molecule has 0 amide bonds. The van der Waals surface area contributed by atoms with Gasteiger partial charge in [-0.15, -0.1) is 0 Å². The first-order valence-corrected chi connectivity index (χ1v) is 8.78. The number of nitrogens with one attached hydrogen (secondary N) is 1. The number of ether oxygens (including phenoxy) is 1. The predicted molar refractivity (Wildman–Crippen MR) is 97.0 cm³/mol. The van der Waals surface area contributed by atoms with E-state index in [-0.39, 0.29) is 17.4 Å². The van der Waals surface area contributed by atoms with Crippen molar-refractivity contribution in [2.24, 2.45) is 0 Å². The third kappa shape index (κ3) is 4.63. The van der Waals surface area contributed by atoms with E-state index in [1.54, 1.807) is 6.20 Å². The van der Waals surface area contributed by atoms with Gasteiger partial charge in [0.1, 0.15) is 5.82 Å². The van der Waals surface area contributed by atoms with Gasteiger partial charge in [-0.3, -0.25) is 9.88 Å². The lowest BCUT2D eigenvalue weighted by atomic mass is 9.97. The monoisotopic (exact) mass is 343 g/mol. The van der Waals surface area contributed by atoms with Gasteiger partial charge in [-0.1, -0.05) is 18.2 Å². The van der Waals surface area contributed by atoms with E-state index >= 15 is 0 Å². The second-order valence-corrected chi connectivity index (χ2v) is 7.06. The summed E-state index contributed by atoms with van der Waals surface area (Å²) in [7, 11) is 0. The van der Waals surface area contributed by atoms with Crippen molar-refractivity contribution < 1.29 is 9.13 Å². The maximum absolute atomic E-state index is 13.3. The van der Waals surface area contributed by atoms with Crippen molar-refractivity contribution >= 4 is 0 Å². The van der Waals surface area contributed by atoms with E-state index in [9.17, 15) is 4.39 Å². The van der Waals surface area contributed by atoms with Crippen LogP contribution < -0.4 is 5.32 Å². The van der Waals surface area contributed by atoms with Crippen LogP contribution in [0, 0.1) is 5.82 Å². The number of aromatic nitrogens is 1. The van der Waals surface area contributed by atoms with Crippen LogP contribution in [-0.2, 0) is 4.74 Å². The zero-order valence-corrected chi connectivity index (χ0v) is 14.9. The fourth-order valence-corrected chi connectivity index (χ4v) is 3.26. The molecule has 1 aliphatic heterocycles. The molecule has 1 N–H and O–H groups in total. The molecule has 1 atom stereocenters. The molecule has 3 rings (SSSR count). The minimum Gasteiger partial charge on any atom is -0.379 e. The van der Waals surface area contributed by atoms with Crippen molar-refractivity contribution in [3.05, 3.63) is 65.7 Å². The molecule has 5 heteroatoms. The molecule has 4 nitrogen and oxygen atoms in total.